The van der Waals surface area contributed by atoms with Crippen molar-refractivity contribution in [3.63, 3.8) is 0 Å². The van der Waals surface area contributed by atoms with Gasteiger partial charge in [0.05, 0.1) is 0 Å². The first-order chi connectivity index (χ1) is 24.6. The molecule has 298 valence electrons. The van der Waals surface area contributed by atoms with E-state index in [0.717, 1.165) is 57.3 Å². The van der Waals surface area contributed by atoms with Crippen LogP contribution in [0.1, 0.15) is 285 Å². The van der Waals surface area contributed by atoms with Crippen molar-refractivity contribution in [1.29, 1.82) is 0 Å². The predicted molar refractivity (Wildman–Crippen MR) is 224 cm³/mol. The van der Waals surface area contributed by atoms with Gasteiger partial charge in [-0.3, -0.25) is 9.59 Å². The highest BCUT2D eigenvalue weighted by Gasteiger charge is 2.17. The highest BCUT2D eigenvalue weighted by atomic mass is 16.1. The Morgan fingerprint density at radius 3 is 0.960 bits per heavy atom. The van der Waals surface area contributed by atoms with E-state index in [-0.39, 0.29) is 0 Å². The van der Waals surface area contributed by atoms with Crippen molar-refractivity contribution in [1.82, 2.24) is 0 Å². The van der Waals surface area contributed by atoms with E-state index in [4.69, 9.17) is 0 Å². The summed E-state index contributed by atoms with van der Waals surface area (Å²) >= 11 is 0. The molecule has 0 aromatic rings. The Morgan fingerprint density at radius 1 is 0.300 bits per heavy atom. The van der Waals surface area contributed by atoms with E-state index < -0.39 is 0 Å². The topological polar surface area (TPSA) is 34.1 Å². The number of ketones is 2. The minimum Gasteiger partial charge on any atom is -0.300 e. The van der Waals surface area contributed by atoms with Crippen molar-refractivity contribution in [3.8, 4) is 0 Å². The first-order valence-electron chi connectivity index (χ1n) is 23.6. The Kier molecular flexibility index (Phi) is 40.6. The summed E-state index contributed by atoms with van der Waals surface area (Å²) in [5, 5.41) is 0. The summed E-state index contributed by atoms with van der Waals surface area (Å²) in [4.78, 5) is 25.4. The minimum absolute atomic E-state index is 0.349. The zero-order chi connectivity index (χ0) is 36.6. The van der Waals surface area contributed by atoms with Crippen LogP contribution in [-0.4, -0.2) is 11.6 Å². The van der Waals surface area contributed by atoms with Crippen LogP contribution in [0.15, 0.2) is 0 Å². The maximum absolute atomic E-state index is 13.2. The van der Waals surface area contributed by atoms with Crippen LogP contribution in [0.2, 0.25) is 0 Å². The summed E-state index contributed by atoms with van der Waals surface area (Å²) in [6, 6.07) is 0. The van der Waals surface area contributed by atoms with Crippen LogP contribution < -0.4 is 0 Å². The normalized spacial score (nSPS) is 12.3. The monoisotopic (exact) mass is 703 g/mol. The van der Waals surface area contributed by atoms with Crippen molar-refractivity contribution >= 4 is 11.6 Å². The van der Waals surface area contributed by atoms with Gasteiger partial charge in [0.2, 0.25) is 0 Å². The van der Waals surface area contributed by atoms with Crippen molar-refractivity contribution in [2.75, 3.05) is 0 Å². The molecule has 0 amide bonds. The summed E-state index contributed by atoms with van der Waals surface area (Å²) in [6.45, 7) is 9.20. The van der Waals surface area contributed by atoms with Crippen molar-refractivity contribution < 1.29 is 9.59 Å². The molecule has 1 unspecified atom stereocenters. The van der Waals surface area contributed by atoms with Gasteiger partial charge < -0.3 is 0 Å². The third-order valence-electron chi connectivity index (χ3n) is 11.6. The fraction of sp³-hybridized carbons (Fsp3) is 0.958. The molecular formula is C48H94O2. The molecule has 0 radical (unpaired) electrons. The average Bonchev–Trinajstić information content (AvgIpc) is 3.11. The Bertz CT molecular complexity index is 668. The van der Waals surface area contributed by atoms with Gasteiger partial charge in [-0.2, -0.15) is 0 Å². The fourth-order valence-electron chi connectivity index (χ4n) is 8.16. The maximum Gasteiger partial charge on any atom is 0.135 e. The molecule has 0 aromatic carbocycles. The van der Waals surface area contributed by atoms with Crippen LogP contribution in [0.5, 0.6) is 0 Å². The average molecular weight is 703 g/mol. The molecule has 0 heterocycles. The van der Waals surface area contributed by atoms with Crippen molar-refractivity contribution in [3.05, 3.63) is 0 Å². The van der Waals surface area contributed by atoms with Crippen molar-refractivity contribution in [2.45, 2.75) is 285 Å². The lowest BCUT2D eigenvalue weighted by Gasteiger charge is -2.16. The van der Waals surface area contributed by atoms with Gasteiger partial charge in [0, 0.05) is 25.2 Å². The highest BCUT2D eigenvalue weighted by molar-refractivity contribution is 5.80. The molecule has 0 aliphatic heterocycles. The second-order valence-electron chi connectivity index (χ2n) is 16.7. The second-order valence-corrected chi connectivity index (χ2v) is 16.7. The third kappa shape index (κ3) is 35.7. The van der Waals surface area contributed by atoms with Crippen molar-refractivity contribution in [2.24, 2.45) is 11.8 Å². The molecule has 0 aliphatic carbocycles. The fourth-order valence-corrected chi connectivity index (χ4v) is 8.16. The Morgan fingerprint density at radius 2 is 0.600 bits per heavy atom. The summed E-state index contributed by atoms with van der Waals surface area (Å²) in [5.41, 5.74) is 0. The molecule has 0 aromatic heterocycles. The lowest BCUT2D eigenvalue weighted by molar-refractivity contribution is -0.123. The number of unbranched alkanes of at least 4 members (excludes halogenated alkanes) is 26. The zero-order valence-electron chi connectivity index (χ0n) is 35.3. The van der Waals surface area contributed by atoms with E-state index in [1.807, 2.05) is 0 Å². The number of carbonyl (C=O) groups excluding carboxylic acids is 2. The molecule has 0 bridgehead atoms. The summed E-state index contributed by atoms with van der Waals surface area (Å²) < 4.78 is 0. The number of carbonyl (C=O) groups is 2. The van der Waals surface area contributed by atoms with E-state index in [1.165, 1.54) is 205 Å². The molecule has 0 spiro atoms. The second kappa shape index (κ2) is 41.1. The molecule has 0 rings (SSSR count). The van der Waals surface area contributed by atoms with Crippen LogP contribution in [-0.2, 0) is 9.59 Å². The number of rotatable bonds is 43. The summed E-state index contributed by atoms with van der Waals surface area (Å²) in [7, 11) is 0. The lowest BCUT2D eigenvalue weighted by Crippen LogP contribution is -2.14. The van der Waals surface area contributed by atoms with E-state index in [9.17, 15) is 9.59 Å². The van der Waals surface area contributed by atoms with Crippen LogP contribution in [0.3, 0.4) is 0 Å². The van der Waals surface area contributed by atoms with Gasteiger partial charge in [-0.05, 0) is 38.0 Å². The van der Waals surface area contributed by atoms with Gasteiger partial charge >= 0.3 is 0 Å². The van der Waals surface area contributed by atoms with Gasteiger partial charge in [-0.25, -0.2) is 0 Å². The molecule has 50 heavy (non-hydrogen) atoms. The minimum atomic E-state index is 0.349. The Balaban J connectivity index is 3.94. The van der Waals surface area contributed by atoms with Gasteiger partial charge in [-0.1, -0.05) is 233 Å². The molecule has 0 N–H and O–H groups in total. The van der Waals surface area contributed by atoms with E-state index >= 15 is 0 Å². The summed E-state index contributed by atoms with van der Waals surface area (Å²) in [6.07, 6.45) is 51.0. The standard InChI is InChI=1S/C48H94O2/c1-5-9-12-15-18-19-27-34-42-47(49)43-35-28-22-24-31-39-45(37-8-4)38-30-23-20-21-29-36-44-48(50)46(40-32-25-16-13-10-6-2)41-33-26-17-14-11-7-3/h45-46H,5-44H2,1-4H3. The lowest BCUT2D eigenvalue weighted by atomic mass is 9.88. The maximum atomic E-state index is 13.2. The van der Waals surface area contributed by atoms with Crippen LogP contribution >= 0.6 is 0 Å². The predicted octanol–water partition coefficient (Wildman–Crippen LogP) is 17.0. The largest absolute Gasteiger partial charge is 0.300 e. The van der Waals surface area contributed by atoms with Crippen LogP contribution in [0.4, 0.5) is 0 Å². The molecular weight excluding hydrogens is 609 g/mol. The number of hydrogen-bond donors (Lipinski definition) is 0. The molecule has 0 saturated heterocycles. The molecule has 2 heteroatoms. The van der Waals surface area contributed by atoms with E-state index in [0.29, 0.717) is 17.5 Å². The molecule has 0 aliphatic rings. The molecule has 1 atom stereocenters. The van der Waals surface area contributed by atoms with Gasteiger partial charge in [0.25, 0.3) is 0 Å². The van der Waals surface area contributed by atoms with Gasteiger partial charge in [0.1, 0.15) is 11.6 Å². The smallest absolute Gasteiger partial charge is 0.135 e. The van der Waals surface area contributed by atoms with Gasteiger partial charge in [0.15, 0.2) is 0 Å². The zero-order valence-corrected chi connectivity index (χ0v) is 35.3. The van der Waals surface area contributed by atoms with Gasteiger partial charge in [-0.15, -0.1) is 0 Å². The third-order valence-corrected chi connectivity index (χ3v) is 11.6. The number of hydrogen-bond acceptors (Lipinski definition) is 2. The summed E-state index contributed by atoms with van der Waals surface area (Å²) in [5.74, 6) is 2.37. The van der Waals surface area contributed by atoms with Crippen LogP contribution in [0, 0.1) is 11.8 Å². The van der Waals surface area contributed by atoms with E-state index in [1.54, 1.807) is 0 Å². The molecule has 0 saturated carbocycles. The number of Topliss-reactive ketones (excluding diaryl/α,β-unsaturated/α-hetero) is 2. The quantitative estimate of drug-likeness (QED) is 0.0593. The first kappa shape index (κ1) is 49.3. The Labute approximate surface area is 316 Å². The SMILES string of the molecule is CCCCCCCCCCC(=O)CCCCCCCC(CCC)CCCCCCCCC(=O)C(CCCCCCCC)CCCCCCCC. The first-order valence-corrected chi connectivity index (χ1v) is 23.6. The van der Waals surface area contributed by atoms with Crippen LogP contribution in [0.25, 0.3) is 0 Å². The molecule has 0 fully saturated rings. The highest BCUT2D eigenvalue weighted by Crippen LogP contribution is 2.25. The Hall–Kier alpha value is -0.660. The molecule has 2 nitrogen and oxygen atoms in total. The van der Waals surface area contributed by atoms with E-state index in [2.05, 4.69) is 27.7 Å².